The number of amides is 1. The molecule has 1 amide bonds. The summed E-state index contributed by atoms with van der Waals surface area (Å²) in [6.07, 6.45) is 63.4. The van der Waals surface area contributed by atoms with Crippen molar-refractivity contribution >= 4 is 5.91 Å². The van der Waals surface area contributed by atoms with Crippen molar-refractivity contribution in [1.82, 2.24) is 5.32 Å². The Morgan fingerprint density at radius 3 is 1.17 bits per heavy atom. The zero-order valence-electron chi connectivity index (χ0n) is 46.9. The molecule has 72 heavy (non-hydrogen) atoms. The van der Waals surface area contributed by atoms with E-state index in [-0.39, 0.29) is 12.5 Å². The third-order valence-electron chi connectivity index (χ3n) is 14.6. The summed E-state index contributed by atoms with van der Waals surface area (Å²) in [5.74, 6) is -0.188. The normalized spacial score (nSPS) is 19.5. The lowest BCUT2D eigenvalue weighted by Crippen LogP contribution is -2.60. The quantitative estimate of drug-likeness (QED) is 0.0261. The highest BCUT2D eigenvalue weighted by atomic mass is 16.7. The molecular weight excluding hydrogens is 899 g/mol. The molecule has 6 N–H and O–H groups in total. The zero-order chi connectivity index (χ0) is 52.2. The zero-order valence-corrected chi connectivity index (χ0v) is 46.9. The highest BCUT2D eigenvalue weighted by molar-refractivity contribution is 5.76. The molecule has 1 aliphatic rings. The van der Waals surface area contributed by atoms with E-state index in [1.54, 1.807) is 6.08 Å². The second kappa shape index (κ2) is 52.6. The lowest BCUT2D eigenvalue weighted by atomic mass is 9.99. The van der Waals surface area contributed by atoms with Gasteiger partial charge < -0.3 is 40.3 Å². The summed E-state index contributed by atoms with van der Waals surface area (Å²) in [4.78, 5) is 13.1. The number of hydrogen-bond donors (Lipinski definition) is 6. The van der Waals surface area contributed by atoms with E-state index >= 15 is 0 Å². The lowest BCUT2D eigenvalue weighted by molar-refractivity contribution is -0.302. The molecular formula is C63H117NO8. The summed E-state index contributed by atoms with van der Waals surface area (Å²) in [7, 11) is 0. The average Bonchev–Trinajstić information content (AvgIpc) is 3.38. The van der Waals surface area contributed by atoms with Crippen LogP contribution in [0.5, 0.6) is 0 Å². The van der Waals surface area contributed by atoms with E-state index in [2.05, 4.69) is 55.6 Å². The van der Waals surface area contributed by atoms with Gasteiger partial charge >= 0.3 is 0 Å². The smallest absolute Gasteiger partial charge is 0.220 e. The molecule has 0 spiro atoms. The minimum atomic E-state index is -1.58. The molecule has 9 heteroatoms. The fraction of sp³-hybridized carbons (Fsp3) is 0.857. The molecule has 1 fully saturated rings. The topological polar surface area (TPSA) is 149 Å². The minimum Gasteiger partial charge on any atom is -0.394 e. The Kier molecular flexibility index (Phi) is 49.8. The first-order valence-corrected chi connectivity index (χ1v) is 30.9. The van der Waals surface area contributed by atoms with Crippen molar-refractivity contribution in [2.45, 2.75) is 333 Å². The van der Waals surface area contributed by atoms with Gasteiger partial charge in [0.1, 0.15) is 24.4 Å². The fourth-order valence-corrected chi connectivity index (χ4v) is 9.72. The van der Waals surface area contributed by atoms with Crippen LogP contribution in [0.15, 0.2) is 48.6 Å². The fourth-order valence-electron chi connectivity index (χ4n) is 9.72. The molecule has 0 aliphatic carbocycles. The van der Waals surface area contributed by atoms with Crippen LogP contribution in [0.1, 0.15) is 290 Å². The maximum absolute atomic E-state index is 13.1. The van der Waals surface area contributed by atoms with Crippen LogP contribution in [0.3, 0.4) is 0 Å². The highest BCUT2D eigenvalue weighted by Gasteiger charge is 2.44. The molecule has 1 heterocycles. The summed E-state index contributed by atoms with van der Waals surface area (Å²) in [6, 6.07) is -0.829. The average molecular weight is 1020 g/mol. The largest absolute Gasteiger partial charge is 0.394 e. The van der Waals surface area contributed by atoms with Crippen molar-refractivity contribution in [1.29, 1.82) is 0 Å². The van der Waals surface area contributed by atoms with Crippen molar-refractivity contribution in [2.75, 3.05) is 13.2 Å². The van der Waals surface area contributed by atoms with Gasteiger partial charge in [-0.25, -0.2) is 0 Å². The highest BCUT2D eigenvalue weighted by Crippen LogP contribution is 2.23. The molecule has 7 unspecified atom stereocenters. The first kappa shape index (κ1) is 68.2. The van der Waals surface area contributed by atoms with Crippen LogP contribution in [0.4, 0.5) is 0 Å². The van der Waals surface area contributed by atoms with Gasteiger partial charge in [0.05, 0.1) is 25.4 Å². The number of nitrogens with one attached hydrogen (secondary N) is 1. The molecule has 0 aromatic carbocycles. The standard InChI is InChI=1S/C63H117NO8/c1-3-5-7-9-11-13-15-17-19-21-23-25-26-27-28-29-30-31-32-33-35-37-39-41-43-45-47-49-51-53-59(67)64-56(55-71-63-62(70)61(69)60(68)58(54-65)72-63)57(66)52-50-48-46-44-42-40-38-36-34-24-22-20-18-16-14-12-10-8-6-4-2/h27-28,34,36,42,44,50,52,56-58,60-63,65-66,68-70H,3-26,29-33,35,37-41,43,45-49,51,53-55H2,1-2H3,(H,64,67)/b28-27-,36-34+,44-42+,52-50+. The molecule has 9 nitrogen and oxygen atoms in total. The van der Waals surface area contributed by atoms with Gasteiger partial charge in [-0.15, -0.1) is 0 Å². The monoisotopic (exact) mass is 1020 g/mol. The van der Waals surface area contributed by atoms with Crippen molar-refractivity contribution in [3.8, 4) is 0 Å². The number of hydrogen-bond acceptors (Lipinski definition) is 8. The summed E-state index contributed by atoms with van der Waals surface area (Å²) < 4.78 is 11.3. The number of carbonyl (C=O) groups excluding carboxylic acids is 1. The van der Waals surface area contributed by atoms with Gasteiger partial charge in [-0.3, -0.25) is 4.79 Å². The van der Waals surface area contributed by atoms with Crippen molar-refractivity contribution < 1.29 is 39.8 Å². The van der Waals surface area contributed by atoms with Crippen LogP contribution in [0.25, 0.3) is 0 Å². The summed E-state index contributed by atoms with van der Waals surface area (Å²) in [6.45, 7) is 3.79. The third-order valence-corrected chi connectivity index (χ3v) is 14.6. The van der Waals surface area contributed by atoms with E-state index in [9.17, 15) is 30.3 Å². The Bertz CT molecular complexity index is 1270. The van der Waals surface area contributed by atoms with E-state index in [1.807, 2.05) is 6.08 Å². The Balaban J connectivity index is 2.20. The van der Waals surface area contributed by atoms with E-state index in [4.69, 9.17) is 9.47 Å². The summed E-state index contributed by atoms with van der Waals surface area (Å²) in [5, 5.41) is 54.5. The lowest BCUT2D eigenvalue weighted by Gasteiger charge is -2.40. The second-order valence-corrected chi connectivity index (χ2v) is 21.5. The van der Waals surface area contributed by atoms with E-state index in [0.717, 1.165) is 44.9 Å². The maximum Gasteiger partial charge on any atom is 0.220 e. The Labute approximate surface area is 444 Å². The first-order valence-electron chi connectivity index (χ1n) is 30.9. The van der Waals surface area contributed by atoms with Crippen molar-refractivity contribution in [3.63, 3.8) is 0 Å². The summed E-state index contributed by atoms with van der Waals surface area (Å²) >= 11 is 0. The van der Waals surface area contributed by atoms with Crippen LogP contribution in [-0.4, -0.2) is 87.5 Å². The molecule has 1 rings (SSSR count). The predicted octanol–water partition coefficient (Wildman–Crippen LogP) is 15.7. The van der Waals surface area contributed by atoms with E-state index < -0.39 is 49.5 Å². The van der Waals surface area contributed by atoms with Gasteiger partial charge in [0, 0.05) is 6.42 Å². The van der Waals surface area contributed by atoms with Crippen LogP contribution in [0.2, 0.25) is 0 Å². The van der Waals surface area contributed by atoms with Gasteiger partial charge in [-0.05, 0) is 70.6 Å². The molecule has 0 aromatic rings. The minimum absolute atomic E-state index is 0.188. The number of aliphatic hydroxyl groups is 5. The number of carbonyl (C=O) groups is 1. The number of rotatable bonds is 53. The SMILES string of the molecule is CCCCCCCCCCCC/C=C/CC/C=C/CC/C=C/C(O)C(COC1OC(CO)C(O)C(O)C1O)NC(=O)CCCCCCCCCCCCCCC/C=C\CCCCCCCCCCCCCC. The Morgan fingerprint density at radius 2 is 0.792 bits per heavy atom. The van der Waals surface area contributed by atoms with Crippen LogP contribution in [-0.2, 0) is 14.3 Å². The van der Waals surface area contributed by atoms with Gasteiger partial charge in [-0.1, -0.05) is 262 Å². The number of allylic oxidation sites excluding steroid dienone is 7. The van der Waals surface area contributed by atoms with Crippen LogP contribution < -0.4 is 5.32 Å². The number of unbranched alkanes of at least 4 members (excludes halogenated alkanes) is 37. The Hall–Kier alpha value is -1.85. The molecule has 0 radical (unpaired) electrons. The molecule has 0 aromatic heterocycles. The third kappa shape index (κ3) is 41.4. The van der Waals surface area contributed by atoms with Crippen molar-refractivity contribution in [3.05, 3.63) is 48.6 Å². The molecule has 1 saturated heterocycles. The molecule has 422 valence electrons. The van der Waals surface area contributed by atoms with Gasteiger partial charge in [-0.2, -0.15) is 0 Å². The van der Waals surface area contributed by atoms with E-state index in [1.165, 1.54) is 225 Å². The van der Waals surface area contributed by atoms with Gasteiger partial charge in [0.2, 0.25) is 5.91 Å². The number of ether oxygens (including phenoxy) is 2. The molecule has 0 saturated carbocycles. The maximum atomic E-state index is 13.1. The molecule has 7 atom stereocenters. The first-order chi connectivity index (χ1) is 35.3. The van der Waals surface area contributed by atoms with Gasteiger partial charge in [0.25, 0.3) is 0 Å². The van der Waals surface area contributed by atoms with Crippen molar-refractivity contribution in [2.24, 2.45) is 0 Å². The van der Waals surface area contributed by atoms with E-state index in [0.29, 0.717) is 6.42 Å². The number of aliphatic hydroxyl groups excluding tert-OH is 5. The van der Waals surface area contributed by atoms with Crippen LogP contribution in [0, 0.1) is 0 Å². The molecule has 0 bridgehead atoms. The second-order valence-electron chi connectivity index (χ2n) is 21.5. The van der Waals surface area contributed by atoms with Crippen LogP contribution >= 0.6 is 0 Å². The molecule has 1 aliphatic heterocycles. The summed E-state index contributed by atoms with van der Waals surface area (Å²) in [5.41, 5.74) is 0. The van der Waals surface area contributed by atoms with Gasteiger partial charge in [0.15, 0.2) is 6.29 Å². The predicted molar refractivity (Wildman–Crippen MR) is 304 cm³/mol. The Morgan fingerprint density at radius 1 is 0.458 bits per heavy atom.